The molecule has 0 heterocycles. The molecule has 0 amide bonds. The predicted molar refractivity (Wildman–Crippen MR) is 73.5 cm³/mol. The third-order valence-electron chi connectivity index (χ3n) is 2.86. The summed E-state index contributed by atoms with van der Waals surface area (Å²) in [5.41, 5.74) is 1.12. The van der Waals surface area contributed by atoms with Gasteiger partial charge in [0.15, 0.2) is 12.4 Å². The van der Waals surface area contributed by atoms with E-state index in [1.165, 1.54) is 18.2 Å². The molecule has 0 unspecified atom stereocenters. The fourth-order valence-electron chi connectivity index (χ4n) is 1.86. The number of hydrogen-bond acceptors (Lipinski definition) is 3. The standard InChI is InChI=1S/C16H15FO3/c17-14-6-3-5-13(10-14)15(19)11-20-16-7-2-1-4-12(16)8-9-18/h1-7,10,18H,8-9,11H2. The van der Waals surface area contributed by atoms with Gasteiger partial charge in [-0.25, -0.2) is 4.39 Å². The van der Waals surface area contributed by atoms with Crippen LogP contribution < -0.4 is 4.74 Å². The van der Waals surface area contributed by atoms with Crippen LogP contribution in [0.15, 0.2) is 48.5 Å². The first-order chi connectivity index (χ1) is 9.70. The lowest BCUT2D eigenvalue weighted by molar-refractivity contribution is 0.0920. The molecule has 20 heavy (non-hydrogen) atoms. The lowest BCUT2D eigenvalue weighted by Crippen LogP contribution is -2.12. The normalized spacial score (nSPS) is 10.3. The van der Waals surface area contributed by atoms with Crippen LogP contribution in [0.2, 0.25) is 0 Å². The molecule has 0 spiro atoms. The van der Waals surface area contributed by atoms with Gasteiger partial charge in [0.05, 0.1) is 0 Å². The monoisotopic (exact) mass is 274 g/mol. The molecule has 0 saturated carbocycles. The number of para-hydroxylation sites is 1. The first-order valence-corrected chi connectivity index (χ1v) is 6.31. The van der Waals surface area contributed by atoms with Crippen molar-refractivity contribution >= 4 is 5.78 Å². The van der Waals surface area contributed by atoms with E-state index in [1.807, 2.05) is 12.1 Å². The van der Waals surface area contributed by atoms with Crippen molar-refractivity contribution in [3.8, 4) is 5.75 Å². The summed E-state index contributed by atoms with van der Waals surface area (Å²) in [5, 5.41) is 8.97. The zero-order valence-electron chi connectivity index (χ0n) is 10.9. The van der Waals surface area contributed by atoms with Crippen molar-refractivity contribution < 1.29 is 19.0 Å². The summed E-state index contributed by atoms with van der Waals surface area (Å²) in [6, 6.07) is 12.7. The van der Waals surface area contributed by atoms with E-state index in [9.17, 15) is 9.18 Å². The highest BCUT2D eigenvalue weighted by Crippen LogP contribution is 2.18. The average molecular weight is 274 g/mol. The number of halogens is 1. The van der Waals surface area contributed by atoms with Crippen LogP contribution >= 0.6 is 0 Å². The first kappa shape index (κ1) is 14.2. The number of Topliss-reactive ketones (excluding diaryl/α,β-unsaturated/α-hetero) is 1. The zero-order chi connectivity index (χ0) is 14.4. The zero-order valence-corrected chi connectivity index (χ0v) is 10.9. The van der Waals surface area contributed by atoms with E-state index in [0.29, 0.717) is 12.2 Å². The number of aliphatic hydroxyl groups is 1. The number of ketones is 1. The van der Waals surface area contributed by atoms with E-state index in [2.05, 4.69) is 0 Å². The van der Waals surface area contributed by atoms with Gasteiger partial charge < -0.3 is 9.84 Å². The lowest BCUT2D eigenvalue weighted by Gasteiger charge is -2.10. The van der Waals surface area contributed by atoms with Crippen LogP contribution in [-0.4, -0.2) is 24.1 Å². The van der Waals surface area contributed by atoms with Crippen LogP contribution in [0.4, 0.5) is 4.39 Å². The van der Waals surface area contributed by atoms with E-state index in [-0.39, 0.29) is 24.6 Å². The summed E-state index contributed by atoms with van der Waals surface area (Å²) in [7, 11) is 0. The molecule has 0 bridgehead atoms. The fourth-order valence-corrected chi connectivity index (χ4v) is 1.86. The van der Waals surface area contributed by atoms with Gasteiger partial charge in [-0.2, -0.15) is 0 Å². The molecule has 3 nitrogen and oxygen atoms in total. The summed E-state index contributed by atoms with van der Waals surface area (Å²) in [6.07, 6.45) is 0.463. The van der Waals surface area contributed by atoms with Crippen molar-refractivity contribution in [1.29, 1.82) is 0 Å². The lowest BCUT2D eigenvalue weighted by atomic mass is 10.1. The van der Waals surface area contributed by atoms with E-state index in [0.717, 1.165) is 5.56 Å². The van der Waals surface area contributed by atoms with Crippen LogP contribution in [0, 0.1) is 5.82 Å². The Kier molecular flexibility index (Phi) is 4.85. The number of benzene rings is 2. The van der Waals surface area contributed by atoms with Crippen molar-refractivity contribution in [2.45, 2.75) is 6.42 Å². The third-order valence-corrected chi connectivity index (χ3v) is 2.86. The summed E-state index contributed by atoms with van der Waals surface area (Å²) in [5.74, 6) is -0.175. The Labute approximate surface area is 116 Å². The second-order valence-electron chi connectivity index (χ2n) is 4.30. The Morgan fingerprint density at radius 2 is 1.95 bits per heavy atom. The molecule has 0 atom stereocenters. The molecule has 0 aliphatic carbocycles. The second-order valence-corrected chi connectivity index (χ2v) is 4.30. The third kappa shape index (κ3) is 3.65. The number of ether oxygens (including phenoxy) is 1. The second kappa shape index (κ2) is 6.82. The molecule has 1 N–H and O–H groups in total. The molecule has 0 aliphatic heterocycles. The number of aliphatic hydroxyl groups excluding tert-OH is 1. The molecule has 0 saturated heterocycles. The van der Waals surface area contributed by atoms with Crippen molar-refractivity contribution in [1.82, 2.24) is 0 Å². The van der Waals surface area contributed by atoms with Gasteiger partial charge in [-0.1, -0.05) is 30.3 Å². The van der Waals surface area contributed by atoms with Crippen molar-refractivity contribution in [3.63, 3.8) is 0 Å². The Balaban J connectivity index is 2.03. The highest BCUT2D eigenvalue weighted by Gasteiger charge is 2.09. The van der Waals surface area contributed by atoms with Crippen molar-refractivity contribution in [2.24, 2.45) is 0 Å². The summed E-state index contributed by atoms with van der Waals surface area (Å²) in [6.45, 7) is -0.149. The number of hydrogen-bond donors (Lipinski definition) is 1. The maximum Gasteiger partial charge on any atom is 0.200 e. The van der Waals surface area contributed by atoms with Gasteiger partial charge in [-0.15, -0.1) is 0 Å². The highest BCUT2D eigenvalue weighted by atomic mass is 19.1. The molecule has 0 aromatic heterocycles. The van der Waals surface area contributed by atoms with Gasteiger partial charge in [-0.05, 0) is 30.2 Å². The average Bonchev–Trinajstić information content (AvgIpc) is 2.46. The maximum absolute atomic E-state index is 13.0. The van der Waals surface area contributed by atoms with Crippen molar-refractivity contribution in [3.05, 3.63) is 65.5 Å². The van der Waals surface area contributed by atoms with Crippen LogP contribution in [0.25, 0.3) is 0 Å². The Bertz CT molecular complexity index is 596. The molecule has 0 fully saturated rings. The largest absolute Gasteiger partial charge is 0.485 e. The van der Waals surface area contributed by atoms with Gasteiger partial charge in [0.25, 0.3) is 0 Å². The summed E-state index contributed by atoms with van der Waals surface area (Å²) >= 11 is 0. The molecular formula is C16H15FO3. The molecule has 0 radical (unpaired) electrons. The molecule has 2 aromatic rings. The Hall–Kier alpha value is -2.20. The SMILES string of the molecule is O=C(COc1ccccc1CCO)c1cccc(F)c1. The number of carbonyl (C=O) groups excluding carboxylic acids is 1. The minimum atomic E-state index is -0.448. The van der Waals surface area contributed by atoms with Crippen molar-refractivity contribution in [2.75, 3.05) is 13.2 Å². The van der Waals surface area contributed by atoms with Gasteiger partial charge >= 0.3 is 0 Å². The van der Waals surface area contributed by atoms with Crippen LogP contribution in [0.3, 0.4) is 0 Å². The molecular weight excluding hydrogens is 259 g/mol. The minimum Gasteiger partial charge on any atom is -0.485 e. The van der Waals surface area contributed by atoms with Gasteiger partial charge in [-0.3, -0.25) is 4.79 Å². The quantitative estimate of drug-likeness (QED) is 0.824. The van der Waals surface area contributed by atoms with E-state index >= 15 is 0 Å². The van der Waals surface area contributed by atoms with Crippen LogP contribution in [0.5, 0.6) is 5.75 Å². The summed E-state index contributed by atoms with van der Waals surface area (Å²) in [4.78, 5) is 11.9. The first-order valence-electron chi connectivity index (χ1n) is 6.31. The number of carbonyl (C=O) groups is 1. The minimum absolute atomic E-state index is 0.0121. The van der Waals surface area contributed by atoms with Gasteiger partial charge in [0, 0.05) is 12.2 Å². The van der Waals surface area contributed by atoms with E-state index in [4.69, 9.17) is 9.84 Å². The van der Waals surface area contributed by atoms with Gasteiger partial charge in [0.2, 0.25) is 0 Å². The molecule has 4 heteroatoms. The molecule has 2 rings (SSSR count). The highest BCUT2D eigenvalue weighted by molar-refractivity contribution is 5.97. The van der Waals surface area contributed by atoms with E-state index in [1.54, 1.807) is 18.2 Å². The van der Waals surface area contributed by atoms with E-state index < -0.39 is 5.82 Å². The topological polar surface area (TPSA) is 46.5 Å². The van der Waals surface area contributed by atoms with Crippen LogP contribution in [-0.2, 0) is 6.42 Å². The smallest absolute Gasteiger partial charge is 0.200 e. The van der Waals surface area contributed by atoms with Crippen LogP contribution in [0.1, 0.15) is 15.9 Å². The Morgan fingerprint density at radius 3 is 2.70 bits per heavy atom. The summed E-state index contributed by atoms with van der Waals surface area (Å²) < 4.78 is 18.5. The Morgan fingerprint density at radius 1 is 1.15 bits per heavy atom. The van der Waals surface area contributed by atoms with Gasteiger partial charge in [0.1, 0.15) is 11.6 Å². The molecule has 0 aliphatic rings. The molecule has 104 valence electrons. The number of rotatable bonds is 6. The maximum atomic E-state index is 13.0. The fraction of sp³-hybridized carbons (Fsp3) is 0.188. The predicted octanol–water partition coefficient (Wildman–Crippen LogP) is 2.62. The molecule has 2 aromatic carbocycles.